The lowest BCUT2D eigenvalue weighted by molar-refractivity contribution is 0.0690. The predicted molar refractivity (Wildman–Crippen MR) is 147 cm³/mol. The van der Waals surface area contributed by atoms with Crippen LogP contribution in [0.2, 0.25) is 0 Å². The summed E-state index contributed by atoms with van der Waals surface area (Å²) in [4.78, 5) is 52.2. The van der Waals surface area contributed by atoms with Crippen molar-refractivity contribution in [3.8, 4) is 0 Å². The average Bonchev–Trinajstić information content (AvgIpc) is 2.89. The molecule has 0 atom stereocenters. The second-order valence-corrected chi connectivity index (χ2v) is 9.63. The van der Waals surface area contributed by atoms with Gasteiger partial charge in [-0.1, -0.05) is 13.0 Å². The molecule has 0 saturated carbocycles. The van der Waals surface area contributed by atoms with Crippen molar-refractivity contribution in [2.45, 2.75) is 46.6 Å². The minimum absolute atomic E-state index is 0.00440. The van der Waals surface area contributed by atoms with Crippen molar-refractivity contribution in [1.29, 1.82) is 0 Å². The van der Waals surface area contributed by atoms with Crippen molar-refractivity contribution in [3.05, 3.63) is 73.7 Å². The third-order valence-electron chi connectivity index (χ3n) is 6.85. The lowest BCUT2D eigenvalue weighted by Gasteiger charge is -2.34. The summed E-state index contributed by atoms with van der Waals surface area (Å²) in [6, 6.07) is 8.87. The number of carboxylic acid groups (broad SMARTS) is 1. The summed E-state index contributed by atoms with van der Waals surface area (Å²) < 4.78 is 1.24. The number of hydrogen-bond donors (Lipinski definition) is 3. The van der Waals surface area contributed by atoms with Gasteiger partial charge in [0.2, 0.25) is 5.95 Å². The molecule has 0 aliphatic carbocycles. The Hall–Kier alpha value is -3.99. The van der Waals surface area contributed by atoms with Gasteiger partial charge in [0, 0.05) is 50.2 Å². The Kier molecular flexibility index (Phi) is 8.57. The summed E-state index contributed by atoms with van der Waals surface area (Å²) in [7, 11) is 0. The quantitative estimate of drug-likeness (QED) is 0.344. The molecule has 4 rings (SSSR count). The van der Waals surface area contributed by atoms with E-state index < -0.39 is 11.7 Å². The second-order valence-electron chi connectivity index (χ2n) is 9.63. The van der Waals surface area contributed by atoms with Crippen molar-refractivity contribution in [2.24, 2.45) is 0 Å². The highest BCUT2D eigenvalue weighted by Crippen LogP contribution is 2.18. The van der Waals surface area contributed by atoms with Crippen LogP contribution in [-0.4, -0.2) is 68.2 Å². The van der Waals surface area contributed by atoms with Crippen LogP contribution in [0.1, 0.15) is 47.1 Å². The number of carbonyl (C=O) groups is 1. The molecule has 11 nitrogen and oxygen atoms in total. The number of aromatic carboxylic acids is 1. The standard InChI is InChI=1S/C27H35N7O4/c1-4-20-16-21(8-7-18(20)2)29-23-17-24(35)34(27(38)31-23)10-6-5-9-32-11-13-33(14-12-32)26-28-19(3)15-22(30-26)25(36)37/h7-8,15-17,29H,4-6,9-14H2,1-3H3,(H,31,38)(H,36,37). The predicted octanol–water partition coefficient (Wildman–Crippen LogP) is 2.55. The summed E-state index contributed by atoms with van der Waals surface area (Å²) in [6.45, 7) is 10.1. The van der Waals surface area contributed by atoms with Crippen LogP contribution in [0, 0.1) is 13.8 Å². The van der Waals surface area contributed by atoms with Gasteiger partial charge >= 0.3 is 11.7 Å². The molecule has 3 heterocycles. The smallest absolute Gasteiger partial charge is 0.354 e. The molecule has 1 saturated heterocycles. The monoisotopic (exact) mass is 521 g/mol. The van der Waals surface area contributed by atoms with Crippen molar-refractivity contribution < 1.29 is 9.90 Å². The minimum Gasteiger partial charge on any atom is -0.477 e. The molecule has 1 aliphatic rings. The molecule has 38 heavy (non-hydrogen) atoms. The van der Waals surface area contributed by atoms with E-state index in [-0.39, 0.29) is 11.3 Å². The highest BCUT2D eigenvalue weighted by Gasteiger charge is 2.20. The minimum atomic E-state index is -1.06. The van der Waals surface area contributed by atoms with Gasteiger partial charge in [-0.3, -0.25) is 19.2 Å². The van der Waals surface area contributed by atoms with Gasteiger partial charge in [-0.15, -0.1) is 0 Å². The van der Waals surface area contributed by atoms with Gasteiger partial charge in [0.1, 0.15) is 5.82 Å². The zero-order valence-electron chi connectivity index (χ0n) is 22.2. The fourth-order valence-electron chi connectivity index (χ4n) is 4.67. The third kappa shape index (κ3) is 6.65. The summed E-state index contributed by atoms with van der Waals surface area (Å²) in [5, 5.41) is 12.4. The molecule has 1 fully saturated rings. The van der Waals surface area contributed by atoms with Crippen molar-refractivity contribution in [2.75, 3.05) is 42.9 Å². The molecule has 0 radical (unpaired) electrons. The number of rotatable bonds is 10. The number of benzene rings is 1. The van der Waals surface area contributed by atoms with E-state index >= 15 is 0 Å². The first-order chi connectivity index (χ1) is 18.2. The molecule has 1 aromatic carbocycles. The lowest BCUT2D eigenvalue weighted by atomic mass is 10.1. The van der Waals surface area contributed by atoms with Crippen LogP contribution in [0.3, 0.4) is 0 Å². The van der Waals surface area contributed by atoms with Crippen molar-refractivity contribution in [1.82, 2.24) is 24.4 Å². The van der Waals surface area contributed by atoms with E-state index in [0.29, 0.717) is 43.5 Å². The summed E-state index contributed by atoms with van der Waals surface area (Å²) in [5.41, 5.74) is 3.13. The first-order valence-corrected chi connectivity index (χ1v) is 13.0. The number of hydrogen-bond acceptors (Lipinski definition) is 8. The SMILES string of the molecule is CCc1cc(Nc2cc(=O)n(CCCCN3CCN(c4nc(C)cc(C(=O)O)n4)CC3)c(=O)[nH]2)ccc1C. The second kappa shape index (κ2) is 12.0. The largest absolute Gasteiger partial charge is 0.477 e. The molecule has 3 aromatic rings. The number of nitrogens with zero attached hydrogens (tertiary/aromatic N) is 5. The number of aromatic amines is 1. The number of nitrogens with one attached hydrogen (secondary N) is 2. The number of piperazine rings is 1. The van der Waals surface area contributed by atoms with Crippen LogP contribution in [0.4, 0.5) is 17.5 Å². The van der Waals surface area contributed by atoms with Gasteiger partial charge in [0.05, 0.1) is 0 Å². The maximum Gasteiger partial charge on any atom is 0.354 e. The number of H-pyrrole nitrogens is 1. The number of carboxylic acids is 1. The number of unbranched alkanes of at least 4 members (excludes halogenated alkanes) is 1. The molecule has 202 valence electrons. The Morgan fingerprint density at radius 2 is 1.76 bits per heavy atom. The van der Waals surface area contributed by atoms with Crippen molar-refractivity contribution in [3.63, 3.8) is 0 Å². The Morgan fingerprint density at radius 3 is 2.45 bits per heavy atom. The van der Waals surface area contributed by atoms with Gasteiger partial charge in [0.25, 0.3) is 5.56 Å². The zero-order chi connectivity index (χ0) is 27.2. The van der Waals surface area contributed by atoms with Crippen molar-refractivity contribution >= 4 is 23.4 Å². The van der Waals surface area contributed by atoms with E-state index in [2.05, 4.69) is 39.0 Å². The average molecular weight is 522 g/mol. The van der Waals surface area contributed by atoms with Gasteiger partial charge < -0.3 is 15.3 Å². The molecule has 0 bridgehead atoms. The maximum atomic E-state index is 12.6. The fourth-order valence-corrected chi connectivity index (χ4v) is 4.67. The topological polar surface area (TPSA) is 136 Å². The first-order valence-electron chi connectivity index (χ1n) is 13.0. The van der Waals surface area contributed by atoms with Crippen LogP contribution < -0.4 is 21.5 Å². The molecular weight excluding hydrogens is 486 g/mol. The Bertz CT molecular complexity index is 1380. The number of aryl methyl sites for hydroxylation is 3. The van der Waals surface area contributed by atoms with Gasteiger partial charge in [-0.25, -0.2) is 19.6 Å². The van der Waals surface area contributed by atoms with Crippen LogP contribution in [0.5, 0.6) is 0 Å². The molecule has 0 unspecified atom stereocenters. The van der Waals surface area contributed by atoms with E-state index in [0.717, 1.165) is 38.2 Å². The van der Waals surface area contributed by atoms with E-state index in [4.69, 9.17) is 0 Å². The summed E-state index contributed by atoms with van der Waals surface area (Å²) in [5.74, 6) is -0.226. The third-order valence-corrected chi connectivity index (χ3v) is 6.85. The molecule has 1 aliphatic heterocycles. The fraction of sp³-hybridized carbons (Fsp3) is 0.444. The molecular formula is C27H35N7O4. The van der Waals surface area contributed by atoms with Gasteiger partial charge in [-0.2, -0.15) is 0 Å². The maximum absolute atomic E-state index is 12.6. The summed E-state index contributed by atoms with van der Waals surface area (Å²) >= 11 is 0. The lowest BCUT2D eigenvalue weighted by Crippen LogP contribution is -2.47. The Labute approximate surface area is 221 Å². The number of aromatic nitrogens is 4. The highest BCUT2D eigenvalue weighted by atomic mass is 16.4. The Balaban J connectivity index is 1.26. The molecule has 11 heteroatoms. The van der Waals surface area contributed by atoms with Crippen LogP contribution >= 0.6 is 0 Å². The zero-order valence-corrected chi connectivity index (χ0v) is 22.2. The molecule has 0 spiro atoms. The number of anilines is 3. The van der Waals surface area contributed by atoms with Crippen LogP contribution in [0.25, 0.3) is 0 Å². The highest BCUT2D eigenvalue weighted by molar-refractivity contribution is 5.85. The molecule has 2 aromatic heterocycles. The summed E-state index contributed by atoms with van der Waals surface area (Å²) in [6.07, 6.45) is 2.46. The molecule has 0 amide bonds. The van der Waals surface area contributed by atoms with E-state index in [1.165, 1.54) is 27.8 Å². The van der Waals surface area contributed by atoms with E-state index in [1.807, 2.05) is 23.1 Å². The van der Waals surface area contributed by atoms with Gasteiger partial charge in [0.15, 0.2) is 5.69 Å². The van der Waals surface area contributed by atoms with Crippen LogP contribution in [-0.2, 0) is 13.0 Å². The van der Waals surface area contributed by atoms with Gasteiger partial charge in [-0.05, 0) is 69.0 Å². The van der Waals surface area contributed by atoms with Crippen LogP contribution in [0.15, 0.2) is 39.9 Å². The van der Waals surface area contributed by atoms with E-state index in [1.54, 1.807) is 6.92 Å². The molecule has 3 N–H and O–H groups in total. The first kappa shape index (κ1) is 27.1. The van der Waals surface area contributed by atoms with E-state index in [9.17, 15) is 19.5 Å². The Morgan fingerprint density at radius 1 is 1.03 bits per heavy atom. The normalized spacial score (nSPS) is 14.0.